The predicted molar refractivity (Wildman–Crippen MR) is 51.9 cm³/mol. The number of carbonyl (C=O) groups is 1. The van der Waals surface area contributed by atoms with Crippen molar-refractivity contribution in [2.75, 3.05) is 0 Å². The summed E-state index contributed by atoms with van der Waals surface area (Å²) in [6.07, 6.45) is -8.83. The summed E-state index contributed by atoms with van der Waals surface area (Å²) in [5.74, 6) is -2.70. The Morgan fingerprint density at radius 3 is 2.06 bits per heavy atom. The van der Waals surface area contributed by atoms with Gasteiger partial charge in [-0.05, 0) is 6.92 Å². The fourth-order valence-corrected chi connectivity index (χ4v) is 1.59. The Kier molecular flexibility index (Phi) is 4.61. The minimum atomic E-state index is -2.98. The lowest BCUT2D eigenvalue weighted by molar-refractivity contribution is -0.414. The third-order valence-corrected chi connectivity index (χ3v) is 2.54. The zero-order valence-corrected chi connectivity index (χ0v) is 9.81. The lowest BCUT2D eigenvalue weighted by atomic mass is 10.0. The topological polar surface area (TPSA) is 163 Å². The summed E-state index contributed by atoms with van der Waals surface area (Å²) in [4.78, 5) is 10.5. The standard InChI is InChI=1S/C7H12O10S/c1-2(8)3(9)4(10)5(11)7(17-18(13)14)15-6(12)16-7/h2-5,8-11H,1H3,(H,13,14)/t2-,3-,4-,5-/m0/s1. The fourth-order valence-electron chi connectivity index (χ4n) is 1.22. The maximum Gasteiger partial charge on any atom is 0.518 e. The van der Waals surface area contributed by atoms with Crippen LogP contribution in [0.4, 0.5) is 4.79 Å². The minimum absolute atomic E-state index is 1.12. The van der Waals surface area contributed by atoms with Gasteiger partial charge in [0.1, 0.15) is 12.2 Å². The second-order valence-electron chi connectivity index (χ2n) is 3.52. The van der Waals surface area contributed by atoms with Crippen LogP contribution in [0.5, 0.6) is 0 Å². The van der Waals surface area contributed by atoms with E-state index in [2.05, 4.69) is 13.7 Å². The van der Waals surface area contributed by atoms with Gasteiger partial charge in [0.25, 0.3) is 0 Å². The molecule has 0 saturated carbocycles. The molecule has 0 amide bonds. The molecule has 0 aromatic carbocycles. The van der Waals surface area contributed by atoms with Gasteiger partial charge in [-0.25, -0.2) is 4.79 Å². The zero-order chi connectivity index (χ0) is 14.1. The molecule has 5 atom stereocenters. The molecule has 0 aliphatic carbocycles. The quantitative estimate of drug-likeness (QED) is 0.259. The molecule has 1 aliphatic heterocycles. The predicted octanol–water partition coefficient (Wildman–Crippen LogP) is -2.58. The molecular weight excluding hydrogens is 276 g/mol. The van der Waals surface area contributed by atoms with Gasteiger partial charge in [-0.2, -0.15) is 8.39 Å². The van der Waals surface area contributed by atoms with Gasteiger partial charge in [-0.3, -0.25) is 4.55 Å². The van der Waals surface area contributed by atoms with E-state index in [1.54, 1.807) is 0 Å². The normalized spacial score (nSPS) is 26.0. The van der Waals surface area contributed by atoms with Crippen molar-refractivity contribution in [1.29, 1.82) is 0 Å². The summed E-state index contributed by atoms with van der Waals surface area (Å²) in [6.45, 7) is 1.12. The Morgan fingerprint density at radius 2 is 1.72 bits per heavy atom. The number of aliphatic hydroxyl groups is 4. The Labute approximate surface area is 103 Å². The van der Waals surface area contributed by atoms with Crippen LogP contribution in [0.15, 0.2) is 0 Å². The first-order chi connectivity index (χ1) is 8.19. The molecule has 1 saturated heterocycles. The van der Waals surface area contributed by atoms with Gasteiger partial charge < -0.3 is 29.9 Å². The van der Waals surface area contributed by atoms with Gasteiger partial charge in [-0.1, -0.05) is 0 Å². The van der Waals surface area contributed by atoms with Crippen molar-refractivity contribution in [2.45, 2.75) is 37.3 Å². The Hall–Kier alpha value is -0.820. The first-order valence-electron chi connectivity index (χ1n) is 4.64. The number of hydrogen-bond donors (Lipinski definition) is 5. The summed E-state index contributed by atoms with van der Waals surface area (Å²) in [6, 6.07) is 0. The van der Waals surface area contributed by atoms with Crippen LogP contribution in [-0.2, 0) is 25.0 Å². The van der Waals surface area contributed by atoms with Crippen molar-refractivity contribution in [3.05, 3.63) is 0 Å². The van der Waals surface area contributed by atoms with E-state index in [0.29, 0.717) is 0 Å². The Balaban J connectivity index is 2.80. The van der Waals surface area contributed by atoms with Crippen molar-refractivity contribution in [2.24, 2.45) is 0 Å². The maximum absolute atomic E-state index is 10.5. The summed E-state index contributed by atoms with van der Waals surface area (Å²) in [5.41, 5.74) is 0. The monoisotopic (exact) mass is 288 g/mol. The number of ether oxygens (including phenoxy) is 2. The summed E-state index contributed by atoms with van der Waals surface area (Å²) in [7, 11) is 0. The van der Waals surface area contributed by atoms with Crippen LogP contribution in [0.2, 0.25) is 0 Å². The molecule has 1 rings (SSSR count). The number of hydrogen-bond acceptors (Lipinski definition) is 9. The molecule has 1 fully saturated rings. The molecule has 0 radical (unpaired) electrons. The molecule has 0 aromatic heterocycles. The molecule has 0 bridgehead atoms. The largest absolute Gasteiger partial charge is 0.518 e. The van der Waals surface area contributed by atoms with Crippen molar-refractivity contribution in [3.8, 4) is 0 Å². The van der Waals surface area contributed by atoms with E-state index in [0.717, 1.165) is 6.92 Å². The van der Waals surface area contributed by atoms with Gasteiger partial charge in [-0.15, -0.1) is 0 Å². The molecule has 5 N–H and O–H groups in total. The van der Waals surface area contributed by atoms with Crippen LogP contribution in [0.25, 0.3) is 0 Å². The van der Waals surface area contributed by atoms with Crippen LogP contribution in [0, 0.1) is 0 Å². The fraction of sp³-hybridized carbons (Fsp3) is 0.857. The minimum Gasteiger partial charge on any atom is -0.391 e. The highest BCUT2D eigenvalue weighted by molar-refractivity contribution is 7.74. The number of aliphatic hydroxyl groups excluding tert-OH is 4. The highest BCUT2D eigenvalue weighted by atomic mass is 32.2. The van der Waals surface area contributed by atoms with E-state index in [1.807, 2.05) is 0 Å². The third-order valence-electron chi connectivity index (χ3n) is 2.17. The van der Waals surface area contributed by atoms with E-state index in [4.69, 9.17) is 9.66 Å². The molecule has 1 heterocycles. The van der Waals surface area contributed by atoms with E-state index in [1.165, 1.54) is 0 Å². The van der Waals surface area contributed by atoms with Gasteiger partial charge in [0.05, 0.1) is 6.10 Å². The van der Waals surface area contributed by atoms with E-state index in [9.17, 15) is 24.3 Å². The molecule has 10 nitrogen and oxygen atoms in total. The van der Waals surface area contributed by atoms with Crippen molar-refractivity contribution < 1.29 is 47.6 Å². The van der Waals surface area contributed by atoms with E-state index >= 15 is 0 Å². The second-order valence-corrected chi connectivity index (χ2v) is 4.13. The molecule has 0 spiro atoms. The molecular formula is C7H12O10S. The van der Waals surface area contributed by atoms with Crippen molar-refractivity contribution in [1.82, 2.24) is 0 Å². The van der Waals surface area contributed by atoms with Gasteiger partial charge >= 0.3 is 23.5 Å². The molecule has 18 heavy (non-hydrogen) atoms. The summed E-state index contributed by atoms with van der Waals surface area (Å²) >= 11 is -2.98. The zero-order valence-electron chi connectivity index (χ0n) is 8.99. The average molecular weight is 288 g/mol. The third kappa shape index (κ3) is 2.95. The molecule has 11 heteroatoms. The van der Waals surface area contributed by atoms with E-state index < -0.39 is 47.9 Å². The highest BCUT2D eigenvalue weighted by Gasteiger charge is 2.62. The van der Waals surface area contributed by atoms with Crippen LogP contribution in [0.1, 0.15) is 6.92 Å². The van der Waals surface area contributed by atoms with Gasteiger partial charge in [0, 0.05) is 0 Å². The van der Waals surface area contributed by atoms with Crippen LogP contribution in [-0.4, -0.2) is 65.7 Å². The highest BCUT2D eigenvalue weighted by Crippen LogP contribution is 2.33. The second kappa shape index (κ2) is 5.44. The van der Waals surface area contributed by atoms with Crippen LogP contribution < -0.4 is 0 Å². The number of carbonyl (C=O) groups excluding carboxylic acids is 1. The first-order valence-corrected chi connectivity index (χ1v) is 5.67. The molecule has 1 unspecified atom stereocenters. The molecule has 106 valence electrons. The molecule has 1 aliphatic rings. The lowest BCUT2D eigenvalue weighted by Crippen LogP contribution is -2.65. The van der Waals surface area contributed by atoms with Gasteiger partial charge in [0.15, 0.2) is 6.10 Å². The van der Waals surface area contributed by atoms with Crippen molar-refractivity contribution >= 4 is 17.5 Å². The van der Waals surface area contributed by atoms with Crippen molar-refractivity contribution in [3.63, 3.8) is 0 Å². The number of rotatable bonds is 6. The SMILES string of the molecule is C[C@H](O)[C@H](O)[C@H](O)[C@H](O)C1(OS(=O)O)OC(=O)O1. The summed E-state index contributed by atoms with van der Waals surface area (Å²) < 4.78 is 31.5. The van der Waals surface area contributed by atoms with E-state index in [-0.39, 0.29) is 0 Å². The lowest BCUT2D eigenvalue weighted by Gasteiger charge is -2.41. The Bertz CT molecular complexity index is 335. The smallest absolute Gasteiger partial charge is 0.391 e. The molecule has 0 aromatic rings. The van der Waals surface area contributed by atoms with Crippen LogP contribution in [0.3, 0.4) is 0 Å². The van der Waals surface area contributed by atoms with Gasteiger partial charge in [0.2, 0.25) is 0 Å². The maximum atomic E-state index is 10.5. The first kappa shape index (κ1) is 15.2. The average Bonchev–Trinajstić information content (AvgIpc) is 2.22. The summed E-state index contributed by atoms with van der Waals surface area (Å²) in [5, 5.41) is 37.4. The van der Waals surface area contributed by atoms with Crippen LogP contribution >= 0.6 is 0 Å². The number of cyclic esters (lactones) is 2. The Morgan fingerprint density at radius 1 is 1.22 bits per heavy atom.